The van der Waals surface area contributed by atoms with Gasteiger partial charge in [-0.05, 0) is 39.2 Å². The summed E-state index contributed by atoms with van der Waals surface area (Å²) in [6.07, 6.45) is 4.10. The van der Waals surface area contributed by atoms with Crippen molar-refractivity contribution in [2.75, 3.05) is 50.9 Å². The predicted octanol–water partition coefficient (Wildman–Crippen LogP) is -0.753. The van der Waals surface area contributed by atoms with Gasteiger partial charge in [0, 0.05) is 19.6 Å². The van der Waals surface area contributed by atoms with Crippen molar-refractivity contribution in [1.82, 2.24) is 20.2 Å². The number of unbranched alkanes of at least 4 members (excludes halogenated alkanes) is 1. The Morgan fingerprint density at radius 3 is 2.69 bits per heavy atom. The molecular formula is C18H32N8O3. The van der Waals surface area contributed by atoms with E-state index in [2.05, 4.69) is 25.2 Å². The van der Waals surface area contributed by atoms with E-state index >= 15 is 0 Å². The number of aliphatic imine (C=N–C) groups is 1. The SMILES string of the molecule is Cc1nc(C(=O)NC(N)=NCCCCN2CCC(OCCO)CC2)c(N)nc1N. The molecule has 0 unspecified atom stereocenters. The highest BCUT2D eigenvalue weighted by molar-refractivity contribution is 6.06. The average Bonchev–Trinajstić information content (AvgIpc) is 2.69. The maximum absolute atomic E-state index is 12.2. The number of nitrogen functional groups attached to an aromatic ring is 2. The smallest absolute Gasteiger partial charge is 0.280 e. The minimum atomic E-state index is -0.564. The molecule has 1 amide bonds. The molecule has 1 aliphatic rings. The maximum Gasteiger partial charge on any atom is 0.280 e. The van der Waals surface area contributed by atoms with Crippen LogP contribution in [0.15, 0.2) is 4.99 Å². The Labute approximate surface area is 170 Å². The highest BCUT2D eigenvalue weighted by Crippen LogP contribution is 2.14. The van der Waals surface area contributed by atoms with E-state index < -0.39 is 5.91 Å². The number of nitrogens with two attached hydrogens (primary N) is 3. The van der Waals surface area contributed by atoms with E-state index in [4.69, 9.17) is 27.0 Å². The minimum Gasteiger partial charge on any atom is -0.394 e. The van der Waals surface area contributed by atoms with Gasteiger partial charge in [-0.2, -0.15) is 0 Å². The second-order valence-electron chi connectivity index (χ2n) is 6.99. The Hall–Kier alpha value is -2.50. The Bertz CT molecular complexity index is 705. The standard InChI is InChI=1S/C18H32N8O3/c1-12-15(19)24-16(20)14(23-12)17(28)25-18(21)22-6-2-3-7-26-8-4-13(5-9-26)29-11-10-27/h13,27H,2-11H2,1H3,(H4,19,20,24)(H3,21,22,25,28). The van der Waals surface area contributed by atoms with Gasteiger partial charge in [-0.15, -0.1) is 0 Å². The normalized spacial score (nSPS) is 16.1. The van der Waals surface area contributed by atoms with E-state index in [0.29, 0.717) is 18.8 Å². The first kappa shape index (κ1) is 22.8. The molecule has 162 valence electrons. The number of likely N-dealkylation sites (tertiary alicyclic amines) is 1. The molecule has 1 aromatic rings. The zero-order valence-corrected chi connectivity index (χ0v) is 16.9. The van der Waals surface area contributed by atoms with E-state index in [1.807, 2.05) is 0 Å². The van der Waals surface area contributed by atoms with Crippen LogP contribution in [0.3, 0.4) is 0 Å². The van der Waals surface area contributed by atoms with Crippen molar-refractivity contribution in [2.24, 2.45) is 10.7 Å². The van der Waals surface area contributed by atoms with Gasteiger partial charge in [0.15, 0.2) is 17.5 Å². The van der Waals surface area contributed by atoms with Crippen LogP contribution in [0.5, 0.6) is 0 Å². The summed E-state index contributed by atoms with van der Waals surface area (Å²) < 4.78 is 5.57. The molecule has 1 aliphatic heterocycles. The van der Waals surface area contributed by atoms with Crippen molar-refractivity contribution in [3.8, 4) is 0 Å². The third-order valence-corrected chi connectivity index (χ3v) is 4.73. The molecule has 1 saturated heterocycles. The van der Waals surface area contributed by atoms with Crippen LogP contribution >= 0.6 is 0 Å². The molecule has 1 fully saturated rings. The second-order valence-corrected chi connectivity index (χ2v) is 6.99. The van der Waals surface area contributed by atoms with Gasteiger partial charge in [-0.25, -0.2) is 9.97 Å². The number of piperidine rings is 1. The average molecular weight is 409 g/mol. The van der Waals surface area contributed by atoms with Crippen molar-refractivity contribution in [3.05, 3.63) is 11.4 Å². The third kappa shape index (κ3) is 7.44. The summed E-state index contributed by atoms with van der Waals surface area (Å²) in [7, 11) is 0. The number of nitrogens with zero attached hydrogens (tertiary/aromatic N) is 4. The number of guanidine groups is 1. The summed E-state index contributed by atoms with van der Waals surface area (Å²) >= 11 is 0. The maximum atomic E-state index is 12.2. The predicted molar refractivity (Wildman–Crippen MR) is 111 cm³/mol. The number of hydrogen-bond acceptors (Lipinski definition) is 9. The number of aromatic nitrogens is 2. The summed E-state index contributed by atoms with van der Waals surface area (Å²) in [5.41, 5.74) is 17.5. The fourth-order valence-corrected chi connectivity index (χ4v) is 3.09. The van der Waals surface area contributed by atoms with Gasteiger partial charge >= 0.3 is 0 Å². The lowest BCUT2D eigenvalue weighted by molar-refractivity contribution is -0.00784. The fraction of sp³-hybridized carbons (Fsp3) is 0.667. The van der Waals surface area contributed by atoms with Crippen molar-refractivity contribution in [2.45, 2.75) is 38.7 Å². The minimum absolute atomic E-state index is 0.0209. The zero-order chi connectivity index (χ0) is 21.2. The first-order valence-electron chi connectivity index (χ1n) is 9.86. The molecule has 1 aromatic heterocycles. The molecule has 8 N–H and O–H groups in total. The van der Waals surface area contributed by atoms with Gasteiger partial charge in [0.25, 0.3) is 5.91 Å². The highest BCUT2D eigenvalue weighted by Gasteiger charge is 2.19. The highest BCUT2D eigenvalue weighted by atomic mass is 16.5. The lowest BCUT2D eigenvalue weighted by atomic mass is 10.1. The number of ether oxygens (including phenoxy) is 1. The summed E-state index contributed by atoms with van der Waals surface area (Å²) in [4.78, 5) is 26.7. The van der Waals surface area contributed by atoms with Gasteiger partial charge in [0.05, 0.1) is 25.0 Å². The number of aliphatic hydroxyl groups excluding tert-OH is 1. The number of carbonyl (C=O) groups excluding carboxylic acids is 1. The number of anilines is 2. The van der Waals surface area contributed by atoms with Crippen LogP contribution in [0.4, 0.5) is 11.6 Å². The molecule has 29 heavy (non-hydrogen) atoms. The largest absolute Gasteiger partial charge is 0.394 e. The van der Waals surface area contributed by atoms with Crippen molar-refractivity contribution in [3.63, 3.8) is 0 Å². The number of rotatable bonds is 9. The van der Waals surface area contributed by atoms with Crippen molar-refractivity contribution >= 4 is 23.5 Å². The monoisotopic (exact) mass is 408 g/mol. The number of hydrogen-bond donors (Lipinski definition) is 5. The quantitative estimate of drug-likeness (QED) is 0.200. The molecule has 0 bridgehead atoms. The van der Waals surface area contributed by atoms with E-state index in [-0.39, 0.29) is 36.0 Å². The molecule has 2 rings (SSSR count). The second kappa shape index (κ2) is 11.5. The summed E-state index contributed by atoms with van der Waals surface area (Å²) in [6.45, 7) is 5.64. The molecule has 0 spiro atoms. The summed E-state index contributed by atoms with van der Waals surface area (Å²) in [5.74, 6) is -0.412. The van der Waals surface area contributed by atoms with E-state index in [0.717, 1.165) is 45.3 Å². The molecule has 0 atom stereocenters. The molecule has 11 heteroatoms. The first-order valence-corrected chi connectivity index (χ1v) is 9.86. The van der Waals surface area contributed by atoms with Crippen LogP contribution in [-0.2, 0) is 4.74 Å². The lowest BCUT2D eigenvalue weighted by Gasteiger charge is -2.31. The number of aryl methyl sites for hydroxylation is 1. The molecule has 2 heterocycles. The van der Waals surface area contributed by atoms with Crippen LogP contribution in [-0.4, -0.2) is 77.3 Å². The zero-order valence-electron chi connectivity index (χ0n) is 16.9. The van der Waals surface area contributed by atoms with E-state index in [9.17, 15) is 4.79 Å². The summed E-state index contributed by atoms with van der Waals surface area (Å²) in [6, 6.07) is 0. The molecule has 0 saturated carbocycles. The molecule has 0 radical (unpaired) electrons. The van der Waals surface area contributed by atoms with Gasteiger partial charge in [0.2, 0.25) is 0 Å². The van der Waals surface area contributed by atoms with Crippen LogP contribution < -0.4 is 22.5 Å². The Kier molecular flexibility index (Phi) is 9.03. The van der Waals surface area contributed by atoms with Gasteiger partial charge < -0.3 is 31.9 Å². The van der Waals surface area contributed by atoms with Gasteiger partial charge in [-0.1, -0.05) is 0 Å². The summed E-state index contributed by atoms with van der Waals surface area (Å²) in [5, 5.41) is 11.3. The van der Waals surface area contributed by atoms with Crippen molar-refractivity contribution in [1.29, 1.82) is 0 Å². The van der Waals surface area contributed by atoms with Crippen molar-refractivity contribution < 1.29 is 14.6 Å². The van der Waals surface area contributed by atoms with E-state index in [1.54, 1.807) is 6.92 Å². The number of aliphatic hydroxyl groups is 1. The number of nitrogens with one attached hydrogen (secondary N) is 1. The Balaban J connectivity index is 1.65. The molecule has 11 nitrogen and oxygen atoms in total. The third-order valence-electron chi connectivity index (χ3n) is 4.73. The number of amides is 1. The van der Waals surface area contributed by atoms with Gasteiger partial charge in [-0.3, -0.25) is 15.1 Å². The Morgan fingerprint density at radius 2 is 2.00 bits per heavy atom. The van der Waals surface area contributed by atoms with Crippen LogP contribution in [0, 0.1) is 6.92 Å². The van der Waals surface area contributed by atoms with E-state index in [1.165, 1.54) is 0 Å². The van der Waals surface area contributed by atoms with Crippen LogP contribution in [0.2, 0.25) is 0 Å². The van der Waals surface area contributed by atoms with Crippen LogP contribution in [0.1, 0.15) is 41.9 Å². The molecular weight excluding hydrogens is 376 g/mol. The topological polar surface area (TPSA) is 178 Å². The Morgan fingerprint density at radius 1 is 1.28 bits per heavy atom. The lowest BCUT2D eigenvalue weighted by Crippen LogP contribution is -2.38. The number of carbonyl (C=O) groups is 1. The van der Waals surface area contributed by atoms with Gasteiger partial charge in [0.1, 0.15) is 5.82 Å². The molecule has 0 aromatic carbocycles. The first-order chi connectivity index (χ1) is 13.9. The van der Waals surface area contributed by atoms with Crippen LogP contribution in [0.25, 0.3) is 0 Å². The fourth-order valence-electron chi connectivity index (χ4n) is 3.09. The molecule has 0 aliphatic carbocycles.